The van der Waals surface area contributed by atoms with Crippen molar-refractivity contribution < 1.29 is 14.6 Å². The first-order valence-electron chi connectivity index (χ1n) is 6.10. The van der Waals surface area contributed by atoms with Crippen LogP contribution in [0.2, 0.25) is 0 Å². The van der Waals surface area contributed by atoms with Gasteiger partial charge in [0.05, 0.1) is 6.61 Å². The summed E-state index contributed by atoms with van der Waals surface area (Å²) in [6, 6.07) is 18.5. The molecule has 2 aromatic rings. The lowest BCUT2D eigenvalue weighted by Crippen LogP contribution is -2.35. The van der Waals surface area contributed by atoms with Crippen LogP contribution in [0.4, 0.5) is 0 Å². The maximum Gasteiger partial charge on any atom is 0.340 e. The number of hydrogen-bond acceptors (Lipinski definition) is 2. The number of carboxylic acids is 1. The Balaban J connectivity index is 2.19. The van der Waals surface area contributed by atoms with Crippen molar-refractivity contribution in [3.8, 4) is 0 Å². The van der Waals surface area contributed by atoms with Crippen molar-refractivity contribution in [1.82, 2.24) is 0 Å². The lowest BCUT2D eigenvalue weighted by molar-refractivity contribution is -0.167. The standard InChI is InChI=1S/C16H16O3/c1-16(15(17)18,14-10-6-3-7-11-14)19-12-13-8-4-2-5-9-13/h2-11H,12H2,1H3,(H,17,18)/t16-/m1/s1. The number of carboxylic acid groups (broad SMARTS) is 1. The number of rotatable bonds is 5. The van der Waals surface area contributed by atoms with Crippen LogP contribution in [0.3, 0.4) is 0 Å². The van der Waals surface area contributed by atoms with Gasteiger partial charge in [-0.2, -0.15) is 0 Å². The normalized spacial score (nSPS) is 13.7. The van der Waals surface area contributed by atoms with Crippen LogP contribution in [0.5, 0.6) is 0 Å². The molecular weight excluding hydrogens is 240 g/mol. The molecule has 0 aromatic heterocycles. The molecule has 2 aromatic carbocycles. The third-order valence-electron chi connectivity index (χ3n) is 3.10. The largest absolute Gasteiger partial charge is 0.479 e. The van der Waals surface area contributed by atoms with E-state index in [0.29, 0.717) is 5.56 Å². The van der Waals surface area contributed by atoms with Crippen LogP contribution < -0.4 is 0 Å². The maximum absolute atomic E-state index is 11.5. The van der Waals surface area contributed by atoms with E-state index in [-0.39, 0.29) is 6.61 Å². The van der Waals surface area contributed by atoms with Gasteiger partial charge in [0.15, 0.2) is 5.60 Å². The molecule has 0 saturated carbocycles. The second-order valence-electron chi connectivity index (χ2n) is 4.48. The van der Waals surface area contributed by atoms with Crippen molar-refractivity contribution in [2.45, 2.75) is 19.1 Å². The first kappa shape index (κ1) is 13.3. The van der Waals surface area contributed by atoms with E-state index >= 15 is 0 Å². The Morgan fingerprint density at radius 3 is 2.11 bits per heavy atom. The SMILES string of the molecule is C[C@](OCc1ccccc1)(C(=O)O)c1ccccc1. The van der Waals surface area contributed by atoms with Crippen LogP contribution in [0.25, 0.3) is 0 Å². The zero-order chi connectivity index (χ0) is 13.7. The minimum atomic E-state index is -1.34. The molecule has 0 aliphatic rings. The number of benzene rings is 2. The van der Waals surface area contributed by atoms with E-state index in [1.54, 1.807) is 19.1 Å². The molecule has 0 radical (unpaired) electrons. The summed E-state index contributed by atoms with van der Waals surface area (Å²) < 4.78 is 5.66. The summed E-state index contributed by atoms with van der Waals surface area (Å²) in [5.74, 6) is -0.991. The van der Waals surface area contributed by atoms with Crippen molar-refractivity contribution in [2.24, 2.45) is 0 Å². The van der Waals surface area contributed by atoms with Crippen molar-refractivity contribution in [3.05, 3.63) is 71.8 Å². The molecule has 0 spiro atoms. The third kappa shape index (κ3) is 3.01. The smallest absolute Gasteiger partial charge is 0.340 e. The second kappa shape index (κ2) is 5.67. The molecule has 0 amide bonds. The summed E-state index contributed by atoms with van der Waals surface area (Å²) in [5.41, 5.74) is 0.251. The van der Waals surface area contributed by atoms with Gasteiger partial charge < -0.3 is 9.84 Å². The van der Waals surface area contributed by atoms with E-state index in [1.165, 1.54) is 0 Å². The predicted molar refractivity (Wildman–Crippen MR) is 72.7 cm³/mol. The minimum Gasteiger partial charge on any atom is -0.479 e. The van der Waals surface area contributed by atoms with Crippen molar-refractivity contribution in [2.75, 3.05) is 0 Å². The lowest BCUT2D eigenvalue weighted by Gasteiger charge is -2.25. The summed E-state index contributed by atoms with van der Waals surface area (Å²) in [6.45, 7) is 1.84. The predicted octanol–water partition coefficient (Wildman–Crippen LogP) is 3.20. The molecule has 3 nitrogen and oxygen atoms in total. The summed E-state index contributed by atoms with van der Waals surface area (Å²) in [4.78, 5) is 11.5. The van der Waals surface area contributed by atoms with E-state index < -0.39 is 11.6 Å². The number of hydrogen-bond donors (Lipinski definition) is 1. The highest BCUT2D eigenvalue weighted by Gasteiger charge is 2.36. The lowest BCUT2D eigenvalue weighted by atomic mass is 9.96. The highest BCUT2D eigenvalue weighted by atomic mass is 16.5. The Morgan fingerprint density at radius 2 is 1.58 bits per heavy atom. The Kier molecular flexibility index (Phi) is 3.97. The number of aliphatic carboxylic acids is 1. The van der Waals surface area contributed by atoms with E-state index in [9.17, 15) is 9.90 Å². The Morgan fingerprint density at radius 1 is 1.05 bits per heavy atom. The van der Waals surface area contributed by atoms with Gasteiger partial charge in [0.1, 0.15) is 0 Å². The van der Waals surface area contributed by atoms with Crippen LogP contribution >= 0.6 is 0 Å². The zero-order valence-corrected chi connectivity index (χ0v) is 10.7. The van der Waals surface area contributed by atoms with Gasteiger partial charge in [0.2, 0.25) is 0 Å². The van der Waals surface area contributed by atoms with Gasteiger partial charge in [-0.05, 0) is 18.1 Å². The second-order valence-corrected chi connectivity index (χ2v) is 4.48. The van der Waals surface area contributed by atoms with Crippen molar-refractivity contribution in [1.29, 1.82) is 0 Å². The van der Waals surface area contributed by atoms with E-state index in [1.807, 2.05) is 48.5 Å². The topological polar surface area (TPSA) is 46.5 Å². The van der Waals surface area contributed by atoms with Gasteiger partial charge in [-0.1, -0.05) is 60.7 Å². The Labute approximate surface area is 112 Å². The van der Waals surface area contributed by atoms with Crippen molar-refractivity contribution >= 4 is 5.97 Å². The van der Waals surface area contributed by atoms with E-state index in [0.717, 1.165) is 5.56 Å². The van der Waals surface area contributed by atoms with Crippen LogP contribution in [0, 0.1) is 0 Å². The highest BCUT2D eigenvalue weighted by Crippen LogP contribution is 2.26. The fourth-order valence-corrected chi connectivity index (χ4v) is 1.83. The first-order chi connectivity index (χ1) is 9.13. The molecule has 0 aliphatic heterocycles. The molecule has 19 heavy (non-hydrogen) atoms. The molecule has 2 rings (SSSR count). The molecule has 98 valence electrons. The van der Waals surface area contributed by atoms with Crippen molar-refractivity contribution in [3.63, 3.8) is 0 Å². The molecule has 1 atom stereocenters. The Hall–Kier alpha value is -2.13. The van der Waals surface area contributed by atoms with Crippen LogP contribution in [-0.2, 0) is 21.7 Å². The van der Waals surface area contributed by atoms with Gasteiger partial charge in [0, 0.05) is 0 Å². The van der Waals surface area contributed by atoms with Gasteiger partial charge in [-0.25, -0.2) is 4.79 Å². The van der Waals surface area contributed by atoms with Crippen LogP contribution in [0.15, 0.2) is 60.7 Å². The Bertz CT molecular complexity index is 536. The third-order valence-corrected chi connectivity index (χ3v) is 3.10. The average Bonchev–Trinajstić information content (AvgIpc) is 2.46. The van der Waals surface area contributed by atoms with Crippen LogP contribution in [-0.4, -0.2) is 11.1 Å². The minimum absolute atomic E-state index is 0.262. The van der Waals surface area contributed by atoms with Crippen LogP contribution in [0.1, 0.15) is 18.1 Å². The fourth-order valence-electron chi connectivity index (χ4n) is 1.83. The quantitative estimate of drug-likeness (QED) is 0.893. The summed E-state index contributed by atoms with van der Waals surface area (Å²) >= 11 is 0. The average molecular weight is 256 g/mol. The van der Waals surface area contributed by atoms with Gasteiger partial charge in [-0.3, -0.25) is 0 Å². The first-order valence-corrected chi connectivity index (χ1v) is 6.10. The van der Waals surface area contributed by atoms with Gasteiger partial charge in [0.25, 0.3) is 0 Å². The van der Waals surface area contributed by atoms with E-state index in [4.69, 9.17) is 4.74 Å². The molecular formula is C16H16O3. The molecule has 0 saturated heterocycles. The summed E-state index contributed by atoms with van der Waals surface area (Å²) in [6.07, 6.45) is 0. The fraction of sp³-hybridized carbons (Fsp3) is 0.188. The highest BCUT2D eigenvalue weighted by molar-refractivity contribution is 5.78. The van der Waals surface area contributed by atoms with E-state index in [2.05, 4.69) is 0 Å². The molecule has 0 unspecified atom stereocenters. The number of carbonyl (C=O) groups is 1. The molecule has 0 fully saturated rings. The molecule has 0 aliphatic carbocycles. The molecule has 3 heteroatoms. The van der Waals surface area contributed by atoms with Gasteiger partial charge in [-0.15, -0.1) is 0 Å². The maximum atomic E-state index is 11.5. The number of ether oxygens (including phenoxy) is 1. The molecule has 0 bridgehead atoms. The summed E-state index contributed by atoms with van der Waals surface area (Å²) in [5, 5.41) is 9.44. The monoisotopic (exact) mass is 256 g/mol. The summed E-state index contributed by atoms with van der Waals surface area (Å²) in [7, 11) is 0. The van der Waals surface area contributed by atoms with Gasteiger partial charge >= 0.3 is 5.97 Å². The molecule has 0 heterocycles. The molecule has 1 N–H and O–H groups in total. The zero-order valence-electron chi connectivity index (χ0n) is 10.7.